The molecule has 0 radical (unpaired) electrons. The largest absolute Gasteiger partial charge is 0.388 e. The van der Waals surface area contributed by atoms with Gasteiger partial charge in [0.15, 0.2) is 0 Å². The fourth-order valence-corrected chi connectivity index (χ4v) is 1.76. The molecule has 0 unspecified atom stereocenters. The van der Waals surface area contributed by atoms with E-state index in [1.54, 1.807) is 0 Å². The van der Waals surface area contributed by atoms with Crippen LogP contribution in [0.15, 0.2) is 4.99 Å². The molecule has 0 saturated heterocycles. The number of rotatable bonds is 5. The quantitative estimate of drug-likeness (QED) is 0.523. The Balaban J connectivity index is 4.27. The zero-order chi connectivity index (χ0) is 11.4. The van der Waals surface area contributed by atoms with Crippen LogP contribution in [0.4, 0.5) is 0 Å². The van der Waals surface area contributed by atoms with Gasteiger partial charge in [-0.15, -0.1) is 0 Å². The van der Waals surface area contributed by atoms with Gasteiger partial charge in [0, 0.05) is 6.54 Å². The number of amidine groups is 1. The minimum Gasteiger partial charge on any atom is -0.388 e. The molecule has 0 amide bonds. The van der Waals surface area contributed by atoms with E-state index in [0.29, 0.717) is 12.4 Å². The van der Waals surface area contributed by atoms with Crippen LogP contribution in [0.2, 0.25) is 0 Å². The molecule has 4 N–H and O–H groups in total. The molecule has 0 aromatic rings. The molecule has 0 fully saturated rings. The molecule has 0 aliphatic carbocycles. The Morgan fingerprint density at radius 2 is 1.64 bits per heavy atom. The molecule has 0 rings (SSSR count). The lowest BCUT2D eigenvalue weighted by Crippen LogP contribution is -2.32. The second-order valence-corrected chi connectivity index (χ2v) is 5.67. The third kappa shape index (κ3) is 5.97. The van der Waals surface area contributed by atoms with Crippen molar-refractivity contribution in [3.05, 3.63) is 0 Å². The van der Waals surface area contributed by atoms with Crippen LogP contribution in [-0.2, 0) is 0 Å². The van der Waals surface area contributed by atoms with Crippen molar-refractivity contribution < 1.29 is 0 Å². The monoisotopic (exact) mass is 199 g/mol. The standard InChI is InChI=1S/C11H25N3/c1-9(13)14-8-11(4,5)6-10(2,3)7-12/h6-8,12H2,1-5H3,(H2,13,14). The van der Waals surface area contributed by atoms with Crippen LogP contribution in [0.3, 0.4) is 0 Å². The summed E-state index contributed by atoms with van der Waals surface area (Å²) in [4.78, 5) is 4.27. The van der Waals surface area contributed by atoms with Crippen LogP contribution in [0, 0.1) is 10.8 Å². The lowest BCUT2D eigenvalue weighted by Gasteiger charge is -2.33. The smallest absolute Gasteiger partial charge is 0.0905 e. The predicted octanol–water partition coefficient (Wildman–Crippen LogP) is 1.76. The highest BCUT2D eigenvalue weighted by atomic mass is 14.8. The van der Waals surface area contributed by atoms with Gasteiger partial charge in [0.05, 0.1) is 5.84 Å². The fraction of sp³-hybridized carbons (Fsp3) is 0.909. The number of hydrogen-bond donors (Lipinski definition) is 2. The van der Waals surface area contributed by atoms with Gasteiger partial charge < -0.3 is 11.5 Å². The molecular formula is C11H25N3. The van der Waals surface area contributed by atoms with Gasteiger partial charge in [0.2, 0.25) is 0 Å². The van der Waals surface area contributed by atoms with Gasteiger partial charge >= 0.3 is 0 Å². The van der Waals surface area contributed by atoms with Crippen LogP contribution in [-0.4, -0.2) is 18.9 Å². The third-order valence-electron chi connectivity index (χ3n) is 2.27. The molecule has 0 atom stereocenters. The Morgan fingerprint density at radius 3 is 2.00 bits per heavy atom. The number of hydrogen-bond acceptors (Lipinski definition) is 2. The Bertz CT molecular complexity index is 201. The predicted molar refractivity (Wildman–Crippen MR) is 63.4 cm³/mol. The highest BCUT2D eigenvalue weighted by Gasteiger charge is 2.27. The number of aliphatic imine (C=N–C) groups is 1. The van der Waals surface area contributed by atoms with Crippen LogP contribution in [0.25, 0.3) is 0 Å². The van der Waals surface area contributed by atoms with E-state index in [2.05, 4.69) is 32.7 Å². The van der Waals surface area contributed by atoms with Crippen LogP contribution in [0.1, 0.15) is 41.0 Å². The Kier molecular flexibility index (Phi) is 4.59. The topological polar surface area (TPSA) is 64.4 Å². The van der Waals surface area contributed by atoms with E-state index in [1.165, 1.54) is 0 Å². The van der Waals surface area contributed by atoms with Crippen LogP contribution >= 0.6 is 0 Å². The summed E-state index contributed by atoms with van der Waals surface area (Å²) in [6.45, 7) is 12.1. The molecule has 14 heavy (non-hydrogen) atoms. The summed E-state index contributed by atoms with van der Waals surface area (Å²) in [6.07, 6.45) is 1.06. The van der Waals surface area contributed by atoms with Crippen LogP contribution < -0.4 is 11.5 Å². The Hall–Kier alpha value is -0.570. The van der Waals surface area contributed by atoms with Gasteiger partial charge in [-0.2, -0.15) is 0 Å². The van der Waals surface area contributed by atoms with Crippen molar-refractivity contribution in [2.45, 2.75) is 41.0 Å². The summed E-state index contributed by atoms with van der Waals surface area (Å²) >= 11 is 0. The molecule has 0 aromatic heterocycles. The van der Waals surface area contributed by atoms with E-state index in [9.17, 15) is 0 Å². The molecule has 0 aliphatic rings. The first kappa shape index (κ1) is 13.4. The SMILES string of the molecule is CC(N)=NCC(C)(C)CC(C)(C)CN. The summed E-state index contributed by atoms with van der Waals surface area (Å²) in [6, 6.07) is 0. The molecule has 0 spiro atoms. The molecule has 3 heteroatoms. The average molecular weight is 199 g/mol. The van der Waals surface area contributed by atoms with Crippen molar-refractivity contribution in [2.75, 3.05) is 13.1 Å². The fourth-order valence-electron chi connectivity index (χ4n) is 1.76. The summed E-state index contributed by atoms with van der Waals surface area (Å²) in [5.74, 6) is 0.656. The van der Waals surface area contributed by atoms with Gasteiger partial charge in [0.1, 0.15) is 0 Å². The van der Waals surface area contributed by atoms with Gasteiger partial charge in [-0.1, -0.05) is 27.7 Å². The van der Waals surface area contributed by atoms with Gasteiger partial charge in [-0.3, -0.25) is 4.99 Å². The first-order chi connectivity index (χ1) is 6.18. The molecule has 0 bridgehead atoms. The maximum atomic E-state index is 5.71. The maximum Gasteiger partial charge on any atom is 0.0905 e. The minimum absolute atomic E-state index is 0.170. The Labute approximate surface area is 88.0 Å². The van der Waals surface area contributed by atoms with Crippen LogP contribution in [0.5, 0.6) is 0 Å². The summed E-state index contributed by atoms with van der Waals surface area (Å²) < 4.78 is 0. The molecule has 0 heterocycles. The number of nitrogens with zero attached hydrogens (tertiary/aromatic N) is 1. The zero-order valence-corrected chi connectivity index (χ0v) is 10.2. The van der Waals surface area contributed by atoms with Gasteiger partial charge in [0.25, 0.3) is 0 Å². The van der Waals surface area contributed by atoms with Crippen molar-refractivity contribution in [3.8, 4) is 0 Å². The van der Waals surface area contributed by atoms with E-state index in [0.717, 1.165) is 13.0 Å². The van der Waals surface area contributed by atoms with E-state index in [-0.39, 0.29) is 10.8 Å². The molecular weight excluding hydrogens is 174 g/mol. The molecule has 0 saturated carbocycles. The second kappa shape index (κ2) is 4.78. The lowest BCUT2D eigenvalue weighted by atomic mass is 9.75. The highest BCUT2D eigenvalue weighted by Crippen LogP contribution is 2.32. The zero-order valence-electron chi connectivity index (χ0n) is 10.2. The summed E-state index contributed by atoms with van der Waals surface area (Å²) in [5, 5.41) is 0. The van der Waals surface area contributed by atoms with E-state index in [4.69, 9.17) is 11.5 Å². The molecule has 0 aliphatic heterocycles. The normalized spacial score (nSPS) is 14.6. The third-order valence-corrected chi connectivity index (χ3v) is 2.27. The molecule has 0 aromatic carbocycles. The van der Waals surface area contributed by atoms with Crippen molar-refractivity contribution in [1.29, 1.82) is 0 Å². The summed E-state index contributed by atoms with van der Waals surface area (Å²) in [7, 11) is 0. The molecule has 3 nitrogen and oxygen atoms in total. The Morgan fingerprint density at radius 1 is 1.14 bits per heavy atom. The number of nitrogens with two attached hydrogens (primary N) is 2. The maximum absolute atomic E-state index is 5.71. The molecule has 84 valence electrons. The van der Waals surface area contributed by atoms with E-state index < -0.39 is 0 Å². The van der Waals surface area contributed by atoms with Gasteiger partial charge in [-0.05, 0) is 30.7 Å². The van der Waals surface area contributed by atoms with E-state index >= 15 is 0 Å². The van der Waals surface area contributed by atoms with Crippen molar-refractivity contribution in [1.82, 2.24) is 0 Å². The van der Waals surface area contributed by atoms with Gasteiger partial charge in [-0.25, -0.2) is 0 Å². The average Bonchev–Trinajstić information content (AvgIpc) is 1.99. The van der Waals surface area contributed by atoms with E-state index in [1.807, 2.05) is 6.92 Å². The summed E-state index contributed by atoms with van der Waals surface area (Å²) in [5.41, 5.74) is 11.6. The second-order valence-electron chi connectivity index (χ2n) is 5.67. The first-order valence-electron chi connectivity index (χ1n) is 5.15. The first-order valence-corrected chi connectivity index (χ1v) is 5.15. The minimum atomic E-state index is 0.170. The highest BCUT2D eigenvalue weighted by molar-refractivity contribution is 5.77. The van der Waals surface area contributed by atoms with Crippen molar-refractivity contribution in [3.63, 3.8) is 0 Å². The van der Waals surface area contributed by atoms with Crippen molar-refractivity contribution >= 4 is 5.84 Å². The lowest BCUT2D eigenvalue weighted by molar-refractivity contribution is 0.208. The van der Waals surface area contributed by atoms with Crippen molar-refractivity contribution in [2.24, 2.45) is 27.3 Å².